The van der Waals surface area contributed by atoms with Crippen molar-refractivity contribution >= 4 is 34.2 Å². The number of aromatic nitrogens is 1. The normalized spacial score (nSPS) is 14.9. The fourth-order valence-electron chi connectivity index (χ4n) is 4.47. The molecule has 1 atom stereocenters. The van der Waals surface area contributed by atoms with Gasteiger partial charge in [0.1, 0.15) is 0 Å². The highest BCUT2D eigenvalue weighted by atomic mass is 35.5. The van der Waals surface area contributed by atoms with Gasteiger partial charge in [0.05, 0.1) is 21.8 Å². The molecule has 0 spiro atoms. The van der Waals surface area contributed by atoms with Crippen molar-refractivity contribution in [3.05, 3.63) is 52.2 Å². The van der Waals surface area contributed by atoms with E-state index >= 15 is 0 Å². The van der Waals surface area contributed by atoms with Crippen LogP contribution in [0.25, 0.3) is 22.0 Å². The van der Waals surface area contributed by atoms with E-state index in [0.29, 0.717) is 10.6 Å². The van der Waals surface area contributed by atoms with E-state index in [1.165, 1.54) is 0 Å². The molecule has 5 nitrogen and oxygen atoms in total. The molecule has 1 aliphatic rings. The van der Waals surface area contributed by atoms with Crippen molar-refractivity contribution in [2.45, 2.75) is 52.9 Å². The number of aryl methyl sites for hydroxylation is 2. The van der Waals surface area contributed by atoms with Crippen LogP contribution in [0.1, 0.15) is 43.7 Å². The van der Waals surface area contributed by atoms with Crippen LogP contribution in [0.2, 0.25) is 5.02 Å². The molecule has 0 saturated carbocycles. The molecule has 6 heteroatoms. The Hall–Kier alpha value is -2.50. The Labute approximate surface area is 188 Å². The Morgan fingerprint density at radius 2 is 1.81 bits per heavy atom. The first-order valence-corrected chi connectivity index (χ1v) is 10.9. The molecule has 0 bridgehead atoms. The number of rotatable bonds is 4. The number of carbonyl (C=O) groups is 1. The topological polar surface area (TPSA) is 54.7 Å². The third-order valence-electron chi connectivity index (χ3n) is 5.85. The van der Waals surface area contributed by atoms with Crippen molar-refractivity contribution in [1.82, 2.24) is 4.57 Å². The smallest absolute Gasteiger partial charge is 0.337 e. The maximum atomic E-state index is 12.5. The summed E-state index contributed by atoms with van der Waals surface area (Å²) < 4.78 is 8.36. The molecule has 1 N–H and O–H groups in total. The van der Waals surface area contributed by atoms with Crippen LogP contribution in [0.3, 0.4) is 0 Å². The van der Waals surface area contributed by atoms with Crippen LogP contribution in [0.4, 0.5) is 5.69 Å². The second-order valence-electron chi connectivity index (χ2n) is 9.39. The molecule has 0 fully saturated rings. The van der Waals surface area contributed by atoms with Crippen molar-refractivity contribution in [2.24, 2.45) is 0 Å². The molecule has 1 aliphatic heterocycles. The molecule has 1 aromatic heterocycles. The molecule has 0 saturated heterocycles. The number of ether oxygens (including phenoxy) is 1. The minimum atomic E-state index is -1.19. The first-order chi connectivity index (χ1) is 14.5. The Morgan fingerprint density at radius 1 is 1.16 bits per heavy atom. The SMILES string of the molecule is Cc1ccc(-c2c([C@@H](OC(C)(C)C)C(=O)O)c(Cl)c3c4c2cc(C)n4CCN3C)cc1. The van der Waals surface area contributed by atoms with Gasteiger partial charge in [-0.2, -0.15) is 0 Å². The summed E-state index contributed by atoms with van der Waals surface area (Å²) in [7, 11) is 2.00. The van der Waals surface area contributed by atoms with E-state index in [1.54, 1.807) is 0 Å². The number of benzene rings is 2. The van der Waals surface area contributed by atoms with Crippen molar-refractivity contribution in [3.63, 3.8) is 0 Å². The molecular weight excluding hydrogens is 412 g/mol. The fraction of sp³-hybridized carbons (Fsp3) is 0.400. The summed E-state index contributed by atoms with van der Waals surface area (Å²) in [6, 6.07) is 10.3. The van der Waals surface area contributed by atoms with Crippen LogP contribution in [0.15, 0.2) is 30.3 Å². The molecule has 4 rings (SSSR count). The quantitative estimate of drug-likeness (QED) is 0.543. The Balaban J connectivity index is 2.16. The van der Waals surface area contributed by atoms with E-state index in [9.17, 15) is 9.90 Å². The molecule has 31 heavy (non-hydrogen) atoms. The Bertz CT molecular complexity index is 1170. The van der Waals surface area contributed by atoms with Gasteiger partial charge in [-0.1, -0.05) is 41.4 Å². The molecule has 2 aromatic carbocycles. The highest BCUT2D eigenvalue weighted by Crippen LogP contribution is 2.50. The van der Waals surface area contributed by atoms with Gasteiger partial charge in [-0.15, -0.1) is 0 Å². The van der Waals surface area contributed by atoms with Gasteiger partial charge < -0.3 is 19.3 Å². The van der Waals surface area contributed by atoms with Gasteiger partial charge >= 0.3 is 5.97 Å². The maximum absolute atomic E-state index is 12.5. The number of anilines is 1. The Kier molecular flexibility index (Phi) is 5.31. The summed E-state index contributed by atoms with van der Waals surface area (Å²) >= 11 is 7.05. The van der Waals surface area contributed by atoms with Crippen LogP contribution < -0.4 is 4.90 Å². The highest BCUT2D eigenvalue weighted by molar-refractivity contribution is 6.37. The van der Waals surface area contributed by atoms with Gasteiger partial charge in [0.25, 0.3) is 0 Å². The second kappa shape index (κ2) is 7.57. The zero-order valence-corrected chi connectivity index (χ0v) is 19.7. The summed E-state index contributed by atoms with van der Waals surface area (Å²) in [5, 5.41) is 11.7. The number of carboxylic acid groups (broad SMARTS) is 1. The van der Waals surface area contributed by atoms with Gasteiger partial charge in [0.2, 0.25) is 0 Å². The monoisotopic (exact) mass is 440 g/mol. The Morgan fingerprint density at radius 3 is 2.39 bits per heavy atom. The lowest BCUT2D eigenvalue weighted by Crippen LogP contribution is -2.30. The molecule has 2 heterocycles. The van der Waals surface area contributed by atoms with Crippen LogP contribution >= 0.6 is 11.6 Å². The van der Waals surface area contributed by atoms with E-state index in [-0.39, 0.29) is 0 Å². The molecule has 0 radical (unpaired) electrons. The zero-order valence-electron chi connectivity index (χ0n) is 18.9. The average molecular weight is 441 g/mol. The molecule has 164 valence electrons. The summed E-state index contributed by atoms with van der Waals surface area (Å²) in [6.45, 7) is 11.4. The molecular formula is C25H29ClN2O3. The lowest BCUT2D eigenvalue weighted by Gasteiger charge is -2.33. The van der Waals surface area contributed by atoms with Gasteiger partial charge in [0, 0.05) is 36.8 Å². The summed E-state index contributed by atoms with van der Waals surface area (Å²) in [5.74, 6) is -1.05. The summed E-state index contributed by atoms with van der Waals surface area (Å²) in [5.41, 5.74) is 5.81. The lowest BCUT2D eigenvalue weighted by atomic mass is 9.90. The van der Waals surface area contributed by atoms with E-state index in [2.05, 4.69) is 22.5 Å². The van der Waals surface area contributed by atoms with E-state index in [1.807, 2.05) is 59.0 Å². The van der Waals surface area contributed by atoms with E-state index < -0.39 is 17.7 Å². The average Bonchev–Trinajstić information content (AvgIpc) is 3.00. The van der Waals surface area contributed by atoms with Gasteiger partial charge in [0.15, 0.2) is 6.10 Å². The first kappa shape index (κ1) is 21.7. The molecule has 0 aliphatic carbocycles. The lowest BCUT2D eigenvalue weighted by molar-refractivity contribution is -0.160. The third kappa shape index (κ3) is 3.70. The van der Waals surface area contributed by atoms with Crippen molar-refractivity contribution < 1.29 is 14.6 Å². The van der Waals surface area contributed by atoms with Crippen LogP contribution in [-0.4, -0.2) is 34.8 Å². The number of aliphatic carboxylic acids is 1. The van der Waals surface area contributed by atoms with Crippen molar-refractivity contribution in [3.8, 4) is 11.1 Å². The van der Waals surface area contributed by atoms with Crippen molar-refractivity contribution in [1.29, 1.82) is 0 Å². The number of nitrogens with zero attached hydrogens (tertiary/aromatic N) is 2. The first-order valence-electron chi connectivity index (χ1n) is 10.5. The highest BCUT2D eigenvalue weighted by Gasteiger charge is 2.36. The minimum Gasteiger partial charge on any atom is -0.479 e. The number of hydrogen-bond acceptors (Lipinski definition) is 3. The van der Waals surface area contributed by atoms with Crippen LogP contribution in [0.5, 0.6) is 0 Å². The summed E-state index contributed by atoms with van der Waals surface area (Å²) in [6.07, 6.45) is -1.19. The van der Waals surface area contributed by atoms with Gasteiger partial charge in [-0.25, -0.2) is 4.79 Å². The molecule has 3 aromatic rings. The largest absolute Gasteiger partial charge is 0.479 e. The van der Waals surface area contributed by atoms with Crippen LogP contribution in [-0.2, 0) is 16.1 Å². The van der Waals surface area contributed by atoms with Crippen LogP contribution in [0, 0.1) is 13.8 Å². The molecule has 0 amide bonds. The number of carboxylic acids is 1. The zero-order chi connectivity index (χ0) is 22.7. The maximum Gasteiger partial charge on any atom is 0.337 e. The summed E-state index contributed by atoms with van der Waals surface area (Å²) in [4.78, 5) is 14.6. The minimum absolute atomic E-state index is 0.446. The van der Waals surface area contributed by atoms with Gasteiger partial charge in [-0.3, -0.25) is 0 Å². The predicted molar refractivity (Wildman–Crippen MR) is 126 cm³/mol. The van der Waals surface area contributed by atoms with E-state index in [4.69, 9.17) is 16.3 Å². The second-order valence-corrected chi connectivity index (χ2v) is 9.76. The number of likely N-dealkylation sites (N-methyl/N-ethyl adjacent to an activating group) is 1. The predicted octanol–water partition coefficient (Wildman–Crippen LogP) is 5.97. The number of hydrogen-bond donors (Lipinski definition) is 1. The standard InChI is InChI=1S/C25H29ClN2O3/c1-14-7-9-16(10-8-14)18-17-13-15(2)28-12-11-27(6)22(21(17)28)20(26)19(18)23(24(29)30)31-25(3,4)5/h7-10,13,23H,11-12H2,1-6H3,(H,29,30)/t23-/m1/s1. The van der Waals surface area contributed by atoms with Gasteiger partial charge in [-0.05, 0) is 51.8 Å². The van der Waals surface area contributed by atoms with Crippen molar-refractivity contribution in [2.75, 3.05) is 18.5 Å². The number of halogens is 1. The third-order valence-corrected chi connectivity index (χ3v) is 6.23. The van der Waals surface area contributed by atoms with E-state index in [0.717, 1.165) is 52.1 Å². The fourth-order valence-corrected chi connectivity index (χ4v) is 4.90. The molecule has 0 unspecified atom stereocenters.